The lowest BCUT2D eigenvalue weighted by molar-refractivity contribution is -0.182. The third kappa shape index (κ3) is 2.61. The van der Waals surface area contributed by atoms with Gasteiger partial charge in [0, 0.05) is 0 Å². The van der Waals surface area contributed by atoms with Crippen molar-refractivity contribution in [1.82, 2.24) is 0 Å². The van der Waals surface area contributed by atoms with Crippen LogP contribution in [0.1, 0.15) is 0 Å². The molecule has 0 bridgehead atoms. The maximum absolute atomic E-state index is 13.1. The normalized spacial score (nSPS) is 35.7. The van der Waals surface area contributed by atoms with Crippen LogP contribution in [0.2, 0.25) is 0 Å². The number of alkyl halides is 2. The first-order valence-corrected chi connectivity index (χ1v) is 5.70. The van der Waals surface area contributed by atoms with Crippen LogP contribution in [0, 0.1) is 0 Å². The Labute approximate surface area is 84.5 Å². The summed E-state index contributed by atoms with van der Waals surface area (Å²) in [5.41, 5.74) is 0. The lowest BCUT2D eigenvalue weighted by atomic mass is 10.1. The number of hydrogen-bond acceptors (Lipinski definition) is 6. The molecule has 2 N–H and O–H groups in total. The van der Waals surface area contributed by atoms with Crippen LogP contribution < -0.4 is 0 Å². The molecule has 0 radical (unpaired) electrons. The summed E-state index contributed by atoms with van der Waals surface area (Å²) in [5.74, 6) is -3.88. The van der Waals surface area contributed by atoms with Crippen LogP contribution in [0.25, 0.3) is 0 Å². The molecule has 0 amide bonds. The predicted molar refractivity (Wildman–Crippen MR) is 42.6 cm³/mol. The second-order valence-electron chi connectivity index (χ2n) is 3.11. The monoisotopic (exact) mass is 248 g/mol. The molecule has 1 fully saturated rings. The van der Waals surface area contributed by atoms with Gasteiger partial charge in [0.15, 0.2) is 6.10 Å². The maximum Gasteiger partial charge on any atom is 0.326 e. The van der Waals surface area contributed by atoms with Crippen LogP contribution in [0.5, 0.6) is 0 Å². The van der Waals surface area contributed by atoms with Gasteiger partial charge in [0.2, 0.25) is 6.29 Å². The third-order valence-electron chi connectivity index (χ3n) is 1.80. The standard InChI is InChI=1S/C6H10F2O6S/c1-15(11,12)14-5-6(7,8)4(10)3(2-9)13-5/h3-5,9-10H,2H2,1H3/t3-,4-,5+/m1/s1. The van der Waals surface area contributed by atoms with E-state index in [4.69, 9.17) is 10.2 Å². The first-order valence-electron chi connectivity index (χ1n) is 3.89. The van der Waals surface area contributed by atoms with Crippen molar-refractivity contribution in [2.75, 3.05) is 12.9 Å². The van der Waals surface area contributed by atoms with Gasteiger partial charge in [-0.2, -0.15) is 17.2 Å². The Balaban J connectivity index is 2.84. The van der Waals surface area contributed by atoms with Crippen LogP contribution in [-0.4, -0.2) is 55.9 Å². The fourth-order valence-corrected chi connectivity index (χ4v) is 1.59. The summed E-state index contributed by atoms with van der Waals surface area (Å²) in [6, 6.07) is 0. The average molecular weight is 248 g/mol. The number of halogens is 2. The molecule has 1 aliphatic rings. The van der Waals surface area contributed by atoms with Gasteiger partial charge in [-0.25, -0.2) is 4.18 Å². The average Bonchev–Trinajstić information content (AvgIpc) is 2.26. The molecule has 6 nitrogen and oxygen atoms in total. The maximum atomic E-state index is 13.1. The van der Waals surface area contributed by atoms with E-state index in [2.05, 4.69) is 8.92 Å². The number of rotatable bonds is 3. The zero-order valence-corrected chi connectivity index (χ0v) is 8.45. The van der Waals surface area contributed by atoms with E-state index >= 15 is 0 Å². The van der Waals surface area contributed by atoms with Gasteiger partial charge < -0.3 is 14.9 Å². The van der Waals surface area contributed by atoms with E-state index < -0.39 is 41.1 Å². The summed E-state index contributed by atoms with van der Waals surface area (Å²) in [6.45, 7) is -0.861. The highest BCUT2D eigenvalue weighted by atomic mass is 32.2. The Morgan fingerprint density at radius 2 is 2.07 bits per heavy atom. The molecule has 0 aromatic rings. The van der Waals surface area contributed by atoms with Gasteiger partial charge in [0.05, 0.1) is 12.9 Å². The SMILES string of the molecule is CS(=O)(=O)O[C@@H]1O[C@H](CO)[C@@H](O)C1(F)F. The van der Waals surface area contributed by atoms with Crippen molar-refractivity contribution in [3.63, 3.8) is 0 Å². The molecule has 3 atom stereocenters. The van der Waals surface area contributed by atoms with Gasteiger partial charge >= 0.3 is 5.92 Å². The fourth-order valence-electron chi connectivity index (χ4n) is 1.10. The molecular formula is C6H10F2O6S. The Bertz CT molecular complexity index is 329. The summed E-state index contributed by atoms with van der Waals surface area (Å²) >= 11 is 0. The molecule has 1 aliphatic heterocycles. The van der Waals surface area contributed by atoms with Crippen molar-refractivity contribution in [1.29, 1.82) is 0 Å². The zero-order chi connectivity index (χ0) is 11.9. The van der Waals surface area contributed by atoms with Crippen molar-refractivity contribution < 1.29 is 36.3 Å². The molecular weight excluding hydrogens is 238 g/mol. The summed E-state index contributed by atoms with van der Waals surface area (Å²) < 4.78 is 55.7. The first kappa shape index (κ1) is 12.7. The van der Waals surface area contributed by atoms with E-state index in [9.17, 15) is 17.2 Å². The van der Waals surface area contributed by atoms with Crippen molar-refractivity contribution >= 4 is 10.1 Å². The Hall–Kier alpha value is -0.350. The molecule has 0 spiro atoms. The van der Waals surface area contributed by atoms with Gasteiger partial charge in [0.25, 0.3) is 10.1 Å². The molecule has 90 valence electrons. The molecule has 0 aromatic heterocycles. The van der Waals surface area contributed by atoms with Gasteiger partial charge in [-0.15, -0.1) is 0 Å². The van der Waals surface area contributed by atoms with Crippen LogP contribution in [0.15, 0.2) is 0 Å². The molecule has 0 aliphatic carbocycles. The highest BCUT2D eigenvalue weighted by Crippen LogP contribution is 2.37. The topological polar surface area (TPSA) is 93.1 Å². The molecule has 1 saturated heterocycles. The number of ether oxygens (including phenoxy) is 1. The quantitative estimate of drug-likeness (QED) is 0.601. The van der Waals surface area contributed by atoms with Crippen LogP contribution in [0.3, 0.4) is 0 Å². The second kappa shape index (κ2) is 3.91. The summed E-state index contributed by atoms with van der Waals surface area (Å²) in [6.07, 6.45) is -5.69. The van der Waals surface area contributed by atoms with E-state index in [1.807, 2.05) is 0 Å². The first-order chi connectivity index (χ1) is 6.68. The van der Waals surface area contributed by atoms with E-state index in [1.54, 1.807) is 0 Å². The molecule has 0 aromatic carbocycles. The molecule has 0 unspecified atom stereocenters. The van der Waals surface area contributed by atoms with E-state index in [1.165, 1.54) is 0 Å². The zero-order valence-electron chi connectivity index (χ0n) is 7.63. The molecule has 1 heterocycles. The second-order valence-corrected chi connectivity index (χ2v) is 4.71. The molecule has 15 heavy (non-hydrogen) atoms. The van der Waals surface area contributed by atoms with Crippen LogP contribution >= 0.6 is 0 Å². The lowest BCUT2D eigenvalue weighted by Gasteiger charge is -2.18. The number of hydrogen-bond donors (Lipinski definition) is 2. The summed E-state index contributed by atoms with van der Waals surface area (Å²) in [5, 5.41) is 17.5. The molecule has 9 heteroatoms. The predicted octanol–water partition coefficient (Wildman–Crippen LogP) is -1.32. The third-order valence-corrected chi connectivity index (χ3v) is 2.33. The van der Waals surface area contributed by atoms with Crippen molar-refractivity contribution in [3.8, 4) is 0 Å². The minimum Gasteiger partial charge on any atom is -0.394 e. The Morgan fingerprint density at radius 3 is 2.40 bits per heavy atom. The fraction of sp³-hybridized carbons (Fsp3) is 1.00. The number of aliphatic hydroxyl groups excluding tert-OH is 2. The van der Waals surface area contributed by atoms with Gasteiger partial charge in [-0.3, -0.25) is 0 Å². The van der Waals surface area contributed by atoms with Crippen molar-refractivity contribution in [2.24, 2.45) is 0 Å². The van der Waals surface area contributed by atoms with E-state index in [0.717, 1.165) is 0 Å². The minimum atomic E-state index is -4.13. The highest BCUT2D eigenvalue weighted by Gasteiger charge is 2.60. The van der Waals surface area contributed by atoms with E-state index in [0.29, 0.717) is 6.26 Å². The van der Waals surface area contributed by atoms with Gasteiger partial charge in [0.1, 0.15) is 6.10 Å². The number of aliphatic hydroxyl groups is 2. The van der Waals surface area contributed by atoms with Crippen molar-refractivity contribution in [2.45, 2.75) is 24.4 Å². The Kier molecular flexibility index (Phi) is 3.31. The van der Waals surface area contributed by atoms with Gasteiger partial charge in [-0.05, 0) is 0 Å². The van der Waals surface area contributed by atoms with Gasteiger partial charge in [-0.1, -0.05) is 0 Å². The smallest absolute Gasteiger partial charge is 0.326 e. The minimum absolute atomic E-state index is 0.574. The van der Waals surface area contributed by atoms with Crippen molar-refractivity contribution in [3.05, 3.63) is 0 Å². The van der Waals surface area contributed by atoms with Crippen LogP contribution in [-0.2, 0) is 19.0 Å². The molecule has 1 rings (SSSR count). The highest BCUT2D eigenvalue weighted by molar-refractivity contribution is 7.86. The summed E-state index contributed by atoms with van der Waals surface area (Å²) in [7, 11) is -4.13. The Morgan fingerprint density at radius 1 is 1.53 bits per heavy atom. The summed E-state index contributed by atoms with van der Waals surface area (Å²) in [4.78, 5) is 0. The molecule has 0 saturated carbocycles. The lowest BCUT2D eigenvalue weighted by Crippen LogP contribution is -2.42. The largest absolute Gasteiger partial charge is 0.394 e. The van der Waals surface area contributed by atoms with Crippen LogP contribution in [0.4, 0.5) is 8.78 Å². The van der Waals surface area contributed by atoms with E-state index in [-0.39, 0.29) is 0 Å².